The van der Waals surface area contributed by atoms with Crippen molar-refractivity contribution in [2.75, 3.05) is 6.61 Å². The maximum atomic E-state index is 5.75. The summed E-state index contributed by atoms with van der Waals surface area (Å²) >= 11 is 1.74. The Labute approximate surface area is 117 Å². The summed E-state index contributed by atoms with van der Waals surface area (Å²) in [5.41, 5.74) is 3.45. The minimum Gasteiger partial charge on any atom is -0.484 e. The fraction of sp³-hybridized carbons (Fsp3) is 0.188. The Balaban J connectivity index is 1.72. The fourth-order valence-corrected chi connectivity index (χ4v) is 2.78. The second kappa shape index (κ2) is 5.49. The third-order valence-electron chi connectivity index (χ3n) is 2.96. The first-order valence-electron chi connectivity index (χ1n) is 6.29. The quantitative estimate of drug-likeness (QED) is 0.808. The van der Waals surface area contributed by atoms with E-state index in [9.17, 15) is 0 Å². The topological polar surface area (TPSA) is 21.6 Å². The van der Waals surface area contributed by atoms with Crippen LogP contribution in [0.5, 0.6) is 5.75 Å². The van der Waals surface area contributed by atoms with Gasteiger partial charge in [0.2, 0.25) is 0 Å². The van der Waals surface area contributed by atoms with Crippen molar-refractivity contribution >= 4 is 22.5 Å². The van der Waals surface area contributed by atoms with E-state index in [0.717, 1.165) is 22.2 Å². The van der Waals surface area contributed by atoms with Gasteiger partial charge in [-0.25, -0.2) is 4.99 Å². The zero-order chi connectivity index (χ0) is 13.1. The van der Waals surface area contributed by atoms with E-state index in [-0.39, 0.29) is 0 Å². The SMILES string of the molecule is Cc1ccc2c(c1)OCC(SCc1ccccc1)=N2. The molecule has 0 unspecified atom stereocenters. The van der Waals surface area contributed by atoms with Gasteiger partial charge in [0.25, 0.3) is 0 Å². The van der Waals surface area contributed by atoms with Crippen LogP contribution in [0.4, 0.5) is 5.69 Å². The monoisotopic (exact) mass is 269 g/mol. The minimum atomic E-state index is 0.577. The highest BCUT2D eigenvalue weighted by Crippen LogP contribution is 2.33. The van der Waals surface area contributed by atoms with E-state index >= 15 is 0 Å². The van der Waals surface area contributed by atoms with Crippen LogP contribution in [0, 0.1) is 6.92 Å². The van der Waals surface area contributed by atoms with Crippen LogP contribution in [0.1, 0.15) is 11.1 Å². The van der Waals surface area contributed by atoms with Gasteiger partial charge in [-0.05, 0) is 30.2 Å². The van der Waals surface area contributed by atoms with Crippen molar-refractivity contribution in [1.82, 2.24) is 0 Å². The van der Waals surface area contributed by atoms with Gasteiger partial charge in [-0.15, -0.1) is 11.8 Å². The van der Waals surface area contributed by atoms with E-state index in [2.05, 4.69) is 42.2 Å². The lowest BCUT2D eigenvalue weighted by Gasteiger charge is -2.16. The zero-order valence-electron chi connectivity index (χ0n) is 10.8. The van der Waals surface area contributed by atoms with Gasteiger partial charge in [0, 0.05) is 5.75 Å². The number of rotatable bonds is 2. The van der Waals surface area contributed by atoms with E-state index in [4.69, 9.17) is 4.74 Å². The molecule has 2 aromatic rings. The lowest BCUT2D eigenvalue weighted by molar-refractivity contribution is 0.375. The van der Waals surface area contributed by atoms with E-state index in [1.165, 1.54) is 11.1 Å². The Morgan fingerprint density at radius 2 is 2.00 bits per heavy atom. The van der Waals surface area contributed by atoms with Gasteiger partial charge < -0.3 is 4.74 Å². The van der Waals surface area contributed by atoms with E-state index < -0.39 is 0 Å². The molecule has 3 heteroatoms. The smallest absolute Gasteiger partial charge is 0.145 e. The third-order valence-corrected chi connectivity index (χ3v) is 3.98. The van der Waals surface area contributed by atoms with E-state index in [0.29, 0.717) is 6.61 Å². The average molecular weight is 269 g/mol. The van der Waals surface area contributed by atoms with Crippen LogP contribution in [0.15, 0.2) is 53.5 Å². The molecule has 2 aromatic carbocycles. The number of hydrogen-bond donors (Lipinski definition) is 0. The van der Waals surface area contributed by atoms with Crippen molar-refractivity contribution in [2.45, 2.75) is 12.7 Å². The number of hydrogen-bond acceptors (Lipinski definition) is 3. The summed E-state index contributed by atoms with van der Waals surface area (Å²) in [4.78, 5) is 4.66. The van der Waals surface area contributed by atoms with Gasteiger partial charge in [0.1, 0.15) is 23.1 Å². The number of thioether (sulfide) groups is 1. The van der Waals surface area contributed by atoms with Gasteiger partial charge in [0.15, 0.2) is 0 Å². The Kier molecular flexibility index (Phi) is 3.56. The first kappa shape index (κ1) is 12.3. The van der Waals surface area contributed by atoms with Crippen LogP contribution >= 0.6 is 11.8 Å². The van der Waals surface area contributed by atoms with Gasteiger partial charge in [-0.3, -0.25) is 0 Å². The molecule has 0 N–H and O–H groups in total. The van der Waals surface area contributed by atoms with Gasteiger partial charge in [0.05, 0.1) is 0 Å². The third kappa shape index (κ3) is 2.99. The lowest BCUT2D eigenvalue weighted by atomic mass is 10.2. The summed E-state index contributed by atoms with van der Waals surface area (Å²) < 4.78 is 5.75. The van der Waals surface area contributed by atoms with E-state index in [1.54, 1.807) is 11.8 Å². The van der Waals surface area contributed by atoms with Crippen LogP contribution < -0.4 is 4.74 Å². The van der Waals surface area contributed by atoms with Crippen molar-refractivity contribution in [2.24, 2.45) is 4.99 Å². The van der Waals surface area contributed by atoms with Gasteiger partial charge in [-0.1, -0.05) is 36.4 Å². The Bertz CT molecular complexity index is 607. The molecule has 0 amide bonds. The van der Waals surface area contributed by atoms with Crippen molar-refractivity contribution in [1.29, 1.82) is 0 Å². The number of fused-ring (bicyclic) bond motifs is 1. The molecule has 3 rings (SSSR count). The standard InChI is InChI=1S/C16H15NOS/c1-12-7-8-14-15(9-12)18-10-16(17-14)19-11-13-5-3-2-4-6-13/h2-9H,10-11H2,1H3. The molecule has 0 saturated heterocycles. The molecule has 1 aliphatic heterocycles. The molecule has 0 aliphatic carbocycles. The number of aryl methyl sites for hydroxylation is 1. The van der Waals surface area contributed by atoms with Crippen molar-refractivity contribution in [3.8, 4) is 5.75 Å². The van der Waals surface area contributed by atoms with Crippen LogP contribution in [-0.2, 0) is 5.75 Å². The lowest BCUT2D eigenvalue weighted by Crippen LogP contribution is -2.12. The first-order valence-corrected chi connectivity index (χ1v) is 7.27. The molecular formula is C16H15NOS. The molecule has 0 bridgehead atoms. The van der Waals surface area contributed by atoms with Crippen LogP contribution in [-0.4, -0.2) is 11.7 Å². The maximum absolute atomic E-state index is 5.75. The van der Waals surface area contributed by atoms with Gasteiger partial charge in [-0.2, -0.15) is 0 Å². The fourth-order valence-electron chi connectivity index (χ4n) is 1.95. The largest absolute Gasteiger partial charge is 0.484 e. The zero-order valence-corrected chi connectivity index (χ0v) is 11.6. The van der Waals surface area contributed by atoms with Crippen molar-refractivity contribution in [3.05, 3.63) is 59.7 Å². The minimum absolute atomic E-state index is 0.577. The molecule has 0 aromatic heterocycles. The summed E-state index contributed by atoms with van der Waals surface area (Å²) in [5, 5.41) is 1.04. The normalized spacial score (nSPS) is 13.4. The molecule has 0 saturated carbocycles. The summed E-state index contributed by atoms with van der Waals surface area (Å²) in [7, 11) is 0. The molecular weight excluding hydrogens is 254 g/mol. The highest BCUT2D eigenvalue weighted by atomic mass is 32.2. The summed E-state index contributed by atoms with van der Waals surface area (Å²) in [5.74, 6) is 1.83. The predicted octanol–water partition coefficient (Wildman–Crippen LogP) is 4.35. The number of aliphatic imine (C=N–C) groups is 1. The highest BCUT2D eigenvalue weighted by molar-refractivity contribution is 8.13. The van der Waals surface area contributed by atoms with Crippen molar-refractivity contribution < 1.29 is 4.74 Å². The molecule has 19 heavy (non-hydrogen) atoms. The molecule has 0 fully saturated rings. The number of benzene rings is 2. The Hall–Kier alpha value is -1.74. The second-order valence-electron chi connectivity index (χ2n) is 4.54. The molecule has 2 nitrogen and oxygen atoms in total. The molecule has 0 radical (unpaired) electrons. The van der Waals surface area contributed by atoms with Crippen LogP contribution in [0.25, 0.3) is 0 Å². The Morgan fingerprint density at radius 3 is 2.84 bits per heavy atom. The summed E-state index contributed by atoms with van der Waals surface area (Å²) in [6, 6.07) is 16.6. The Morgan fingerprint density at radius 1 is 1.16 bits per heavy atom. The highest BCUT2D eigenvalue weighted by Gasteiger charge is 2.13. The molecule has 96 valence electrons. The maximum Gasteiger partial charge on any atom is 0.145 e. The van der Waals surface area contributed by atoms with Crippen LogP contribution in [0.2, 0.25) is 0 Å². The summed E-state index contributed by atoms with van der Waals surface area (Å²) in [6.45, 7) is 2.64. The van der Waals surface area contributed by atoms with E-state index in [1.807, 2.05) is 18.2 Å². The number of nitrogens with zero attached hydrogens (tertiary/aromatic N) is 1. The molecule has 0 atom stereocenters. The number of ether oxygens (including phenoxy) is 1. The molecule has 1 aliphatic rings. The van der Waals surface area contributed by atoms with Crippen LogP contribution in [0.3, 0.4) is 0 Å². The van der Waals surface area contributed by atoms with Crippen molar-refractivity contribution in [3.63, 3.8) is 0 Å². The molecule has 0 spiro atoms. The summed E-state index contributed by atoms with van der Waals surface area (Å²) in [6.07, 6.45) is 0. The molecule has 1 heterocycles. The average Bonchev–Trinajstić information content (AvgIpc) is 2.46. The predicted molar refractivity (Wildman–Crippen MR) is 81.5 cm³/mol. The first-order chi connectivity index (χ1) is 9.31. The second-order valence-corrected chi connectivity index (χ2v) is 5.59. The van der Waals surface area contributed by atoms with Gasteiger partial charge >= 0.3 is 0 Å².